The van der Waals surface area contributed by atoms with Gasteiger partial charge in [-0.1, -0.05) is 18.2 Å². The summed E-state index contributed by atoms with van der Waals surface area (Å²) < 4.78 is 3.68. The lowest BCUT2D eigenvalue weighted by atomic mass is 10.1. The maximum Gasteiger partial charge on any atom is 0.101 e. The number of fused-ring (bicyclic) bond motifs is 1. The van der Waals surface area contributed by atoms with Gasteiger partial charge in [-0.3, -0.25) is 4.68 Å². The predicted molar refractivity (Wildman–Crippen MR) is 72.6 cm³/mol. The van der Waals surface area contributed by atoms with Crippen LogP contribution in [0, 0.1) is 0 Å². The van der Waals surface area contributed by atoms with Gasteiger partial charge in [-0.25, -0.2) is 4.98 Å². The summed E-state index contributed by atoms with van der Waals surface area (Å²) >= 11 is 0. The fourth-order valence-corrected chi connectivity index (χ4v) is 2.42. The zero-order chi connectivity index (χ0) is 13.4. The SMILES string of the molecule is Cn1cncc1C(O)Cc1nn(C)c2ccccc12. The number of aryl methyl sites for hydroxylation is 2. The third-order valence-corrected chi connectivity index (χ3v) is 3.42. The number of rotatable bonds is 3. The van der Waals surface area contributed by atoms with E-state index < -0.39 is 6.10 Å². The van der Waals surface area contributed by atoms with Crippen LogP contribution in [0.5, 0.6) is 0 Å². The lowest BCUT2D eigenvalue weighted by Gasteiger charge is -2.09. The topological polar surface area (TPSA) is 55.9 Å². The van der Waals surface area contributed by atoms with E-state index in [1.54, 1.807) is 12.5 Å². The predicted octanol–water partition coefficient (Wildman–Crippen LogP) is 1.58. The minimum Gasteiger partial charge on any atom is -0.386 e. The van der Waals surface area contributed by atoms with Crippen LogP contribution in [-0.4, -0.2) is 24.4 Å². The van der Waals surface area contributed by atoms with Crippen LogP contribution < -0.4 is 0 Å². The number of aliphatic hydroxyl groups is 1. The number of para-hydroxylation sites is 1. The van der Waals surface area contributed by atoms with Gasteiger partial charge < -0.3 is 9.67 Å². The Morgan fingerprint density at radius 1 is 1.26 bits per heavy atom. The number of imidazole rings is 1. The number of hydrogen-bond acceptors (Lipinski definition) is 3. The van der Waals surface area contributed by atoms with E-state index in [-0.39, 0.29) is 0 Å². The van der Waals surface area contributed by atoms with Crippen LogP contribution in [-0.2, 0) is 20.5 Å². The van der Waals surface area contributed by atoms with Crippen molar-refractivity contribution in [2.75, 3.05) is 0 Å². The van der Waals surface area contributed by atoms with Gasteiger partial charge in [0.25, 0.3) is 0 Å². The highest BCUT2D eigenvalue weighted by atomic mass is 16.3. The summed E-state index contributed by atoms with van der Waals surface area (Å²) in [5, 5.41) is 15.9. The Morgan fingerprint density at radius 2 is 2.05 bits per heavy atom. The smallest absolute Gasteiger partial charge is 0.101 e. The standard InChI is InChI=1S/C14H16N4O/c1-17-9-15-8-13(17)14(19)7-11-10-5-3-4-6-12(10)18(2)16-11/h3-6,8-9,14,19H,7H2,1-2H3. The zero-order valence-electron chi connectivity index (χ0n) is 11.0. The van der Waals surface area contributed by atoms with Crippen LogP contribution in [0.3, 0.4) is 0 Å². The summed E-state index contributed by atoms with van der Waals surface area (Å²) in [6.07, 6.45) is 3.27. The molecule has 0 saturated carbocycles. The van der Waals surface area contributed by atoms with Crippen molar-refractivity contribution in [2.24, 2.45) is 14.1 Å². The quantitative estimate of drug-likeness (QED) is 0.774. The van der Waals surface area contributed by atoms with E-state index in [2.05, 4.69) is 10.1 Å². The van der Waals surface area contributed by atoms with E-state index in [0.717, 1.165) is 22.3 Å². The van der Waals surface area contributed by atoms with E-state index in [1.165, 1.54) is 0 Å². The molecule has 0 aliphatic heterocycles. The van der Waals surface area contributed by atoms with Crippen LogP contribution in [0.15, 0.2) is 36.8 Å². The van der Waals surface area contributed by atoms with Gasteiger partial charge in [0.15, 0.2) is 0 Å². The summed E-state index contributed by atoms with van der Waals surface area (Å²) in [4.78, 5) is 4.03. The average Bonchev–Trinajstić information content (AvgIpc) is 2.95. The second-order valence-corrected chi connectivity index (χ2v) is 4.74. The monoisotopic (exact) mass is 256 g/mol. The highest BCUT2D eigenvalue weighted by Crippen LogP contribution is 2.23. The summed E-state index contributed by atoms with van der Waals surface area (Å²) in [6, 6.07) is 8.05. The molecule has 5 nitrogen and oxygen atoms in total. The van der Waals surface area contributed by atoms with Crippen LogP contribution in [0.1, 0.15) is 17.5 Å². The normalized spacial score (nSPS) is 13.0. The first-order valence-corrected chi connectivity index (χ1v) is 6.21. The van der Waals surface area contributed by atoms with Gasteiger partial charge in [-0.05, 0) is 6.07 Å². The molecule has 1 aromatic carbocycles. The molecule has 0 radical (unpaired) electrons. The minimum atomic E-state index is -0.592. The molecule has 3 rings (SSSR count). The van der Waals surface area contributed by atoms with Gasteiger partial charge in [0.1, 0.15) is 6.10 Å². The summed E-state index contributed by atoms with van der Waals surface area (Å²) in [5.41, 5.74) is 2.79. The molecule has 98 valence electrons. The van der Waals surface area contributed by atoms with Gasteiger partial charge >= 0.3 is 0 Å². The molecule has 2 aromatic heterocycles. The van der Waals surface area contributed by atoms with Crippen LogP contribution in [0.4, 0.5) is 0 Å². The van der Waals surface area contributed by atoms with Crippen molar-refractivity contribution < 1.29 is 5.11 Å². The van der Waals surface area contributed by atoms with E-state index in [9.17, 15) is 5.11 Å². The highest BCUT2D eigenvalue weighted by Gasteiger charge is 2.16. The fraction of sp³-hybridized carbons (Fsp3) is 0.286. The molecule has 1 unspecified atom stereocenters. The number of aliphatic hydroxyl groups excluding tert-OH is 1. The lowest BCUT2D eigenvalue weighted by molar-refractivity contribution is 0.169. The molecule has 1 N–H and O–H groups in total. The van der Waals surface area contributed by atoms with Crippen molar-refractivity contribution in [1.29, 1.82) is 0 Å². The molecule has 0 amide bonds. The van der Waals surface area contributed by atoms with Crippen molar-refractivity contribution in [2.45, 2.75) is 12.5 Å². The fourth-order valence-electron chi connectivity index (χ4n) is 2.42. The van der Waals surface area contributed by atoms with Gasteiger partial charge in [0, 0.05) is 25.9 Å². The van der Waals surface area contributed by atoms with Crippen molar-refractivity contribution >= 4 is 10.9 Å². The molecular formula is C14H16N4O. The third-order valence-electron chi connectivity index (χ3n) is 3.42. The van der Waals surface area contributed by atoms with E-state index in [4.69, 9.17) is 0 Å². The second kappa shape index (κ2) is 4.51. The van der Waals surface area contributed by atoms with Gasteiger partial charge in [-0.15, -0.1) is 0 Å². The molecule has 1 atom stereocenters. The first-order valence-electron chi connectivity index (χ1n) is 6.21. The molecule has 0 spiro atoms. The Bertz CT molecular complexity index is 713. The molecule has 0 fully saturated rings. The van der Waals surface area contributed by atoms with Crippen LogP contribution >= 0.6 is 0 Å². The van der Waals surface area contributed by atoms with Crippen LogP contribution in [0.25, 0.3) is 10.9 Å². The number of benzene rings is 1. The number of hydrogen-bond donors (Lipinski definition) is 1. The molecule has 0 bridgehead atoms. The highest BCUT2D eigenvalue weighted by molar-refractivity contribution is 5.81. The van der Waals surface area contributed by atoms with Crippen molar-refractivity contribution in [1.82, 2.24) is 19.3 Å². The maximum atomic E-state index is 10.3. The van der Waals surface area contributed by atoms with E-state index in [0.29, 0.717) is 6.42 Å². The third kappa shape index (κ3) is 2.02. The molecule has 19 heavy (non-hydrogen) atoms. The van der Waals surface area contributed by atoms with Crippen LogP contribution in [0.2, 0.25) is 0 Å². The van der Waals surface area contributed by atoms with E-state index >= 15 is 0 Å². The number of nitrogens with zero attached hydrogens (tertiary/aromatic N) is 4. The average molecular weight is 256 g/mol. The molecule has 0 aliphatic carbocycles. The Labute approximate surface area is 111 Å². The molecule has 0 saturated heterocycles. The summed E-state index contributed by atoms with van der Waals surface area (Å²) in [7, 11) is 3.80. The first kappa shape index (κ1) is 11.9. The summed E-state index contributed by atoms with van der Waals surface area (Å²) in [5.74, 6) is 0. The molecule has 2 heterocycles. The van der Waals surface area contributed by atoms with Gasteiger partial charge in [0.05, 0.1) is 29.4 Å². The number of aromatic nitrogens is 4. The van der Waals surface area contributed by atoms with E-state index in [1.807, 2.05) is 47.6 Å². The first-order chi connectivity index (χ1) is 9.16. The zero-order valence-corrected chi connectivity index (χ0v) is 11.0. The second-order valence-electron chi connectivity index (χ2n) is 4.74. The molecular weight excluding hydrogens is 240 g/mol. The Balaban J connectivity index is 1.96. The minimum absolute atomic E-state index is 0.487. The summed E-state index contributed by atoms with van der Waals surface area (Å²) in [6.45, 7) is 0. The Hall–Kier alpha value is -2.14. The lowest BCUT2D eigenvalue weighted by Crippen LogP contribution is -2.07. The van der Waals surface area contributed by atoms with Gasteiger partial charge in [0.2, 0.25) is 0 Å². The molecule has 5 heteroatoms. The van der Waals surface area contributed by atoms with Crippen molar-refractivity contribution in [3.63, 3.8) is 0 Å². The van der Waals surface area contributed by atoms with Crippen molar-refractivity contribution in [3.8, 4) is 0 Å². The largest absolute Gasteiger partial charge is 0.386 e. The Kier molecular flexibility index (Phi) is 2.83. The van der Waals surface area contributed by atoms with Gasteiger partial charge in [-0.2, -0.15) is 5.10 Å². The maximum absolute atomic E-state index is 10.3. The van der Waals surface area contributed by atoms with Crippen molar-refractivity contribution in [3.05, 3.63) is 48.2 Å². The molecule has 0 aliphatic rings. The molecule has 3 aromatic rings. The Morgan fingerprint density at radius 3 is 2.79 bits per heavy atom.